The van der Waals surface area contributed by atoms with Crippen LogP contribution in [-0.4, -0.2) is 29.4 Å². The lowest BCUT2D eigenvalue weighted by Crippen LogP contribution is -2.43. The van der Waals surface area contributed by atoms with Crippen LogP contribution in [-0.2, 0) is 25.6 Å². The van der Waals surface area contributed by atoms with Crippen LogP contribution in [0.25, 0.3) is 16.8 Å². The van der Waals surface area contributed by atoms with Gasteiger partial charge < -0.3 is 14.2 Å². The van der Waals surface area contributed by atoms with Gasteiger partial charge in [0.25, 0.3) is 0 Å². The van der Waals surface area contributed by atoms with Crippen LogP contribution in [0, 0.1) is 0 Å². The van der Waals surface area contributed by atoms with Crippen LogP contribution in [0.1, 0.15) is 52.7 Å². The first-order valence-corrected chi connectivity index (χ1v) is 12.0. The summed E-state index contributed by atoms with van der Waals surface area (Å²) in [5.74, 6) is -0.519. The van der Waals surface area contributed by atoms with Crippen LogP contribution in [0.15, 0.2) is 72.8 Å². The quantitative estimate of drug-likeness (QED) is 0.207. The molecule has 2 amide bonds. The summed E-state index contributed by atoms with van der Waals surface area (Å²) in [6, 6.07) is 20.4. The van der Waals surface area contributed by atoms with Gasteiger partial charge in [-0.15, -0.1) is 0 Å². The average Bonchev–Trinajstić information content (AvgIpc) is 2.79. The predicted molar refractivity (Wildman–Crippen MR) is 144 cm³/mol. The van der Waals surface area contributed by atoms with E-state index in [4.69, 9.17) is 14.2 Å². The maximum atomic E-state index is 12.9. The number of carbonyl (C=O) groups excluding carboxylic acids is 3. The van der Waals surface area contributed by atoms with E-state index in [1.54, 1.807) is 71.9 Å². The highest BCUT2D eigenvalue weighted by Crippen LogP contribution is 2.23. The fourth-order valence-electron chi connectivity index (χ4n) is 3.36. The van der Waals surface area contributed by atoms with Gasteiger partial charge in [0.1, 0.15) is 17.8 Å². The highest BCUT2D eigenvalue weighted by atomic mass is 16.6. The molecular weight excluding hydrogens is 470 g/mol. The van der Waals surface area contributed by atoms with Crippen molar-refractivity contribution in [3.8, 4) is 0 Å². The van der Waals surface area contributed by atoms with Crippen molar-refractivity contribution in [2.45, 2.75) is 59.4 Å². The minimum atomic E-state index is -0.866. The van der Waals surface area contributed by atoms with Gasteiger partial charge in [-0.05, 0) is 87.7 Å². The Morgan fingerprint density at radius 2 is 1.38 bits per heavy atom. The van der Waals surface area contributed by atoms with Crippen LogP contribution in [0.3, 0.4) is 0 Å². The summed E-state index contributed by atoms with van der Waals surface area (Å²) < 4.78 is 16.2. The second kappa shape index (κ2) is 11.3. The normalized spacial score (nSPS) is 11.8. The van der Waals surface area contributed by atoms with E-state index < -0.39 is 29.4 Å². The summed E-state index contributed by atoms with van der Waals surface area (Å²) in [6.45, 7) is 10.2. The number of rotatable bonds is 5. The van der Waals surface area contributed by atoms with Crippen molar-refractivity contribution in [1.82, 2.24) is 0 Å². The fourth-order valence-corrected chi connectivity index (χ4v) is 3.36. The van der Waals surface area contributed by atoms with Gasteiger partial charge in [-0.2, -0.15) is 4.90 Å². The smallest absolute Gasteiger partial charge is 0.424 e. The zero-order chi connectivity index (χ0) is 27.2. The molecule has 37 heavy (non-hydrogen) atoms. The lowest BCUT2D eigenvalue weighted by atomic mass is 10.1. The third kappa shape index (κ3) is 8.49. The Morgan fingerprint density at radius 1 is 0.757 bits per heavy atom. The molecule has 0 radical (unpaired) electrons. The van der Waals surface area contributed by atoms with Crippen LogP contribution < -0.4 is 4.90 Å². The molecular formula is C30H33NO6. The van der Waals surface area contributed by atoms with Crippen molar-refractivity contribution in [3.05, 3.63) is 83.9 Å². The number of carbonyl (C=O) groups is 3. The van der Waals surface area contributed by atoms with E-state index in [1.807, 2.05) is 42.5 Å². The standard InChI is InChI=1S/C30H33NO6/c1-29(2,3)36-27(33)31(28(34)37-30(4,5)6)25-13-9-10-22(19-25)20-35-26(32)17-15-21-14-16-23-11-7-8-12-24(23)18-21/h7-19H,20H2,1-6H3/b17-15+. The van der Waals surface area contributed by atoms with Crippen molar-refractivity contribution < 1.29 is 28.6 Å². The molecule has 0 aromatic heterocycles. The van der Waals surface area contributed by atoms with Gasteiger partial charge in [-0.1, -0.05) is 48.5 Å². The maximum Gasteiger partial charge on any atom is 0.424 e. The van der Waals surface area contributed by atoms with Gasteiger partial charge in [0, 0.05) is 6.08 Å². The molecule has 0 aliphatic rings. The van der Waals surface area contributed by atoms with Crippen LogP contribution in [0.4, 0.5) is 15.3 Å². The van der Waals surface area contributed by atoms with E-state index in [0.29, 0.717) is 5.56 Å². The Bertz CT molecular complexity index is 1290. The average molecular weight is 504 g/mol. The Labute approximate surface area is 217 Å². The molecule has 0 aliphatic heterocycles. The summed E-state index contributed by atoms with van der Waals surface area (Å²) in [7, 11) is 0. The molecule has 0 atom stereocenters. The number of esters is 1. The summed E-state index contributed by atoms with van der Waals surface area (Å²) in [4.78, 5) is 38.9. The molecule has 0 saturated carbocycles. The number of ether oxygens (including phenoxy) is 3. The number of nitrogens with zero attached hydrogens (tertiary/aromatic N) is 1. The maximum absolute atomic E-state index is 12.9. The molecule has 7 heteroatoms. The fraction of sp³-hybridized carbons (Fsp3) is 0.300. The number of imide groups is 1. The zero-order valence-electron chi connectivity index (χ0n) is 22.1. The Morgan fingerprint density at radius 3 is 2.00 bits per heavy atom. The zero-order valence-corrected chi connectivity index (χ0v) is 22.1. The topological polar surface area (TPSA) is 82.1 Å². The molecule has 3 rings (SSSR count). The minimum Gasteiger partial charge on any atom is -0.458 e. The number of anilines is 1. The SMILES string of the molecule is CC(C)(C)OC(=O)N(C(=O)OC(C)(C)C)c1cccc(COC(=O)/C=C/c2ccc3ccccc3c2)c1. The van der Waals surface area contributed by atoms with Gasteiger partial charge >= 0.3 is 18.2 Å². The molecule has 7 nitrogen and oxygen atoms in total. The van der Waals surface area contributed by atoms with E-state index in [0.717, 1.165) is 21.2 Å². The summed E-state index contributed by atoms with van der Waals surface area (Å²) in [5, 5.41) is 2.20. The van der Waals surface area contributed by atoms with E-state index in [9.17, 15) is 14.4 Å². The molecule has 0 N–H and O–H groups in total. The minimum absolute atomic E-state index is 0.0504. The first kappa shape index (κ1) is 27.5. The molecule has 0 saturated heterocycles. The van der Waals surface area contributed by atoms with E-state index in [1.165, 1.54) is 6.08 Å². The molecule has 3 aromatic rings. The summed E-state index contributed by atoms with van der Waals surface area (Å²) in [6.07, 6.45) is 1.32. The van der Waals surface area contributed by atoms with Gasteiger partial charge in [0.2, 0.25) is 0 Å². The second-order valence-corrected chi connectivity index (χ2v) is 10.5. The van der Waals surface area contributed by atoms with Crippen molar-refractivity contribution in [2.75, 3.05) is 4.90 Å². The predicted octanol–water partition coefficient (Wildman–Crippen LogP) is 7.27. The lowest BCUT2D eigenvalue weighted by Gasteiger charge is -2.28. The monoisotopic (exact) mass is 503 g/mol. The van der Waals surface area contributed by atoms with Crippen LogP contribution in [0.2, 0.25) is 0 Å². The molecule has 0 bridgehead atoms. The number of benzene rings is 3. The third-order valence-electron chi connectivity index (χ3n) is 4.89. The second-order valence-electron chi connectivity index (χ2n) is 10.5. The van der Waals surface area contributed by atoms with Crippen molar-refractivity contribution in [3.63, 3.8) is 0 Å². The van der Waals surface area contributed by atoms with Gasteiger partial charge in [-0.3, -0.25) is 0 Å². The van der Waals surface area contributed by atoms with E-state index >= 15 is 0 Å². The molecule has 3 aromatic carbocycles. The Balaban J connectivity index is 1.72. The van der Waals surface area contributed by atoms with Crippen LogP contribution >= 0.6 is 0 Å². The molecule has 0 spiro atoms. The Kier molecular flexibility index (Phi) is 8.38. The number of amides is 2. The van der Waals surface area contributed by atoms with E-state index in [-0.39, 0.29) is 12.3 Å². The molecule has 194 valence electrons. The number of hydrogen-bond acceptors (Lipinski definition) is 6. The van der Waals surface area contributed by atoms with Crippen LogP contribution in [0.5, 0.6) is 0 Å². The molecule has 0 fully saturated rings. The highest BCUT2D eigenvalue weighted by molar-refractivity contribution is 6.09. The number of fused-ring (bicyclic) bond motifs is 1. The lowest BCUT2D eigenvalue weighted by molar-refractivity contribution is -0.138. The van der Waals surface area contributed by atoms with Crippen molar-refractivity contribution in [1.29, 1.82) is 0 Å². The van der Waals surface area contributed by atoms with Gasteiger partial charge in [0.15, 0.2) is 0 Å². The summed E-state index contributed by atoms with van der Waals surface area (Å²) >= 11 is 0. The highest BCUT2D eigenvalue weighted by Gasteiger charge is 2.32. The van der Waals surface area contributed by atoms with Gasteiger partial charge in [-0.25, -0.2) is 14.4 Å². The Hall–Kier alpha value is -4.13. The molecule has 0 aliphatic carbocycles. The van der Waals surface area contributed by atoms with Crippen molar-refractivity contribution >= 4 is 40.7 Å². The first-order valence-electron chi connectivity index (χ1n) is 12.0. The third-order valence-corrected chi connectivity index (χ3v) is 4.89. The summed E-state index contributed by atoms with van der Waals surface area (Å²) in [5.41, 5.74) is 0.0674. The van der Waals surface area contributed by atoms with E-state index in [2.05, 4.69) is 0 Å². The van der Waals surface area contributed by atoms with Gasteiger partial charge in [0.05, 0.1) is 5.69 Å². The molecule has 0 heterocycles. The largest absolute Gasteiger partial charge is 0.458 e. The molecule has 0 unspecified atom stereocenters. The number of hydrogen-bond donors (Lipinski definition) is 0. The first-order chi connectivity index (χ1) is 17.3. The van der Waals surface area contributed by atoms with Crippen molar-refractivity contribution in [2.24, 2.45) is 0 Å².